The number of hydrogen-bond donors (Lipinski definition) is 2. The highest BCUT2D eigenvalue weighted by atomic mass is 35.5. The van der Waals surface area contributed by atoms with E-state index in [0.717, 1.165) is 10.6 Å². The van der Waals surface area contributed by atoms with E-state index in [1.807, 2.05) is 11.4 Å². The van der Waals surface area contributed by atoms with Gasteiger partial charge in [-0.2, -0.15) is 0 Å². The highest BCUT2D eigenvalue weighted by Gasteiger charge is 1.90. The van der Waals surface area contributed by atoms with Crippen LogP contribution < -0.4 is 11.5 Å². The maximum Gasteiger partial charge on any atom is 0.0859 e. The summed E-state index contributed by atoms with van der Waals surface area (Å²) in [4.78, 5) is 0. The summed E-state index contributed by atoms with van der Waals surface area (Å²) in [6.45, 7) is 0.591. The van der Waals surface area contributed by atoms with Gasteiger partial charge in [-0.25, -0.2) is 0 Å². The van der Waals surface area contributed by atoms with Gasteiger partial charge in [-0.3, -0.25) is 0 Å². The number of hydrogen-bond acceptors (Lipinski definition) is 3. The van der Waals surface area contributed by atoms with Crippen LogP contribution in [0.1, 0.15) is 5.56 Å². The van der Waals surface area contributed by atoms with Gasteiger partial charge in [0, 0.05) is 6.54 Å². The zero-order chi connectivity index (χ0) is 5.98. The quantitative estimate of drug-likeness (QED) is 0.656. The fourth-order valence-corrected chi connectivity index (χ4v) is 1.17. The Morgan fingerprint density at radius 3 is 2.44 bits per heavy atom. The van der Waals surface area contributed by atoms with Crippen molar-refractivity contribution in [3.8, 4) is 0 Å². The highest BCUT2D eigenvalue weighted by molar-refractivity contribution is 7.14. The highest BCUT2D eigenvalue weighted by Crippen LogP contribution is 2.14. The number of nitrogens with two attached hydrogens (primary N) is 2. The summed E-state index contributed by atoms with van der Waals surface area (Å²) < 4.78 is 0. The number of thiophene rings is 1. The van der Waals surface area contributed by atoms with Crippen LogP contribution in [-0.4, -0.2) is 0 Å². The molecule has 0 radical (unpaired) electrons. The lowest BCUT2D eigenvalue weighted by Crippen LogP contribution is -1.92. The van der Waals surface area contributed by atoms with Crippen molar-refractivity contribution in [2.45, 2.75) is 6.54 Å². The van der Waals surface area contributed by atoms with Crippen LogP contribution in [0.25, 0.3) is 0 Å². The molecule has 0 unspecified atom stereocenters. The van der Waals surface area contributed by atoms with Crippen LogP contribution in [-0.2, 0) is 6.54 Å². The van der Waals surface area contributed by atoms with Crippen LogP contribution in [0.5, 0.6) is 0 Å². The minimum Gasteiger partial charge on any atom is -0.391 e. The Bertz CT molecular complexity index is 175. The zero-order valence-electron chi connectivity index (χ0n) is 4.83. The maximum absolute atomic E-state index is 5.42. The van der Waals surface area contributed by atoms with Crippen LogP contribution in [0.3, 0.4) is 0 Å². The van der Waals surface area contributed by atoms with E-state index in [0.29, 0.717) is 6.54 Å². The Hall–Kier alpha value is -0.250. The maximum atomic E-state index is 5.42. The Morgan fingerprint density at radius 1 is 1.56 bits per heavy atom. The van der Waals surface area contributed by atoms with Crippen molar-refractivity contribution in [3.05, 3.63) is 17.0 Å². The van der Waals surface area contributed by atoms with Crippen molar-refractivity contribution >= 4 is 28.7 Å². The minimum atomic E-state index is 0. The van der Waals surface area contributed by atoms with Crippen molar-refractivity contribution < 1.29 is 0 Å². The molecule has 0 aliphatic heterocycles. The molecule has 9 heavy (non-hydrogen) atoms. The molecule has 0 saturated heterocycles. The molecule has 0 aliphatic rings. The van der Waals surface area contributed by atoms with E-state index < -0.39 is 0 Å². The van der Waals surface area contributed by atoms with Crippen molar-refractivity contribution in [3.63, 3.8) is 0 Å². The molecule has 2 nitrogen and oxygen atoms in total. The third-order valence-electron chi connectivity index (χ3n) is 0.910. The molecule has 0 spiro atoms. The van der Waals surface area contributed by atoms with E-state index >= 15 is 0 Å². The molecule has 0 amide bonds. The summed E-state index contributed by atoms with van der Waals surface area (Å²) in [5, 5.41) is 2.81. The number of halogens is 1. The van der Waals surface area contributed by atoms with Crippen molar-refractivity contribution in [1.82, 2.24) is 0 Å². The van der Waals surface area contributed by atoms with Gasteiger partial charge >= 0.3 is 0 Å². The average molecular weight is 165 g/mol. The van der Waals surface area contributed by atoms with Gasteiger partial charge in [0.05, 0.1) is 5.00 Å². The third-order valence-corrected chi connectivity index (χ3v) is 1.72. The molecule has 1 heterocycles. The van der Waals surface area contributed by atoms with Gasteiger partial charge in [-0.05, 0) is 17.0 Å². The Balaban J connectivity index is 0.000000640. The van der Waals surface area contributed by atoms with Gasteiger partial charge in [0.25, 0.3) is 0 Å². The van der Waals surface area contributed by atoms with Crippen molar-refractivity contribution in [2.24, 2.45) is 5.73 Å². The summed E-state index contributed by atoms with van der Waals surface area (Å²) >= 11 is 1.53. The van der Waals surface area contributed by atoms with Crippen LogP contribution in [0.4, 0.5) is 5.00 Å². The molecule has 0 fully saturated rings. The summed E-state index contributed by atoms with van der Waals surface area (Å²) in [6.07, 6.45) is 0. The van der Waals surface area contributed by atoms with E-state index in [4.69, 9.17) is 11.5 Å². The van der Waals surface area contributed by atoms with E-state index in [2.05, 4.69) is 0 Å². The topological polar surface area (TPSA) is 52.0 Å². The molecule has 0 bridgehead atoms. The average Bonchev–Trinajstić information content (AvgIpc) is 2.14. The second kappa shape index (κ2) is 3.71. The summed E-state index contributed by atoms with van der Waals surface area (Å²) in [5.74, 6) is 0. The molecule has 1 aromatic rings. The van der Waals surface area contributed by atoms with E-state index in [9.17, 15) is 0 Å². The van der Waals surface area contributed by atoms with Gasteiger partial charge < -0.3 is 11.5 Å². The van der Waals surface area contributed by atoms with Gasteiger partial charge in [-0.15, -0.1) is 23.7 Å². The fraction of sp³-hybridized carbons (Fsp3) is 0.200. The largest absolute Gasteiger partial charge is 0.391 e. The molecular formula is C5H9ClN2S. The molecule has 0 aromatic carbocycles. The van der Waals surface area contributed by atoms with E-state index in [1.165, 1.54) is 11.3 Å². The first-order chi connectivity index (χ1) is 3.83. The van der Waals surface area contributed by atoms with Crippen LogP contribution >= 0.6 is 23.7 Å². The Kier molecular flexibility index (Phi) is 3.61. The Morgan fingerprint density at radius 2 is 2.22 bits per heavy atom. The Labute approximate surface area is 64.3 Å². The van der Waals surface area contributed by atoms with E-state index in [1.54, 1.807) is 0 Å². The third kappa shape index (κ3) is 2.22. The van der Waals surface area contributed by atoms with Gasteiger partial charge in [-0.1, -0.05) is 0 Å². The molecule has 1 rings (SSSR count). The lowest BCUT2D eigenvalue weighted by molar-refractivity contribution is 1.08. The normalized spacial score (nSPS) is 8.56. The smallest absolute Gasteiger partial charge is 0.0859 e. The first-order valence-corrected chi connectivity index (χ1v) is 3.24. The standard InChI is InChI=1S/C5H8N2S.ClH/c6-2-4-1-5(7)8-3-4;/h1,3H,2,6-7H2;1H. The fourth-order valence-electron chi connectivity index (χ4n) is 0.502. The summed E-state index contributed by atoms with van der Waals surface area (Å²) in [6, 6.07) is 1.89. The molecular weight excluding hydrogens is 156 g/mol. The monoisotopic (exact) mass is 164 g/mol. The number of rotatable bonds is 1. The predicted octanol–water partition coefficient (Wildman–Crippen LogP) is 1.21. The van der Waals surface area contributed by atoms with Gasteiger partial charge in [0.15, 0.2) is 0 Å². The molecule has 4 heteroatoms. The van der Waals surface area contributed by atoms with Crippen molar-refractivity contribution in [2.75, 3.05) is 5.73 Å². The van der Waals surface area contributed by atoms with Crippen LogP contribution in [0.2, 0.25) is 0 Å². The minimum absolute atomic E-state index is 0. The van der Waals surface area contributed by atoms with Crippen LogP contribution in [0, 0.1) is 0 Å². The number of nitrogen functional groups attached to an aromatic ring is 1. The summed E-state index contributed by atoms with van der Waals surface area (Å²) in [7, 11) is 0. The molecule has 1 aromatic heterocycles. The lowest BCUT2D eigenvalue weighted by Gasteiger charge is -1.81. The molecule has 4 N–H and O–H groups in total. The lowest BCUT2D eigenvalue weighted by atomic mass is 10.3. The molecule has 52 valence electrons. The second-order valence-electron chi connectivity index (χ2n) is 1.56. The SMILES string of the molecule is Cl.NCc1csc(N)c1. The number of anilines is 1. The molecule has 0 saturated carbocycles. The first kappa shape index (κ1) is 8.75. The second-order valence-corrected chi connectivity index (χ2v) is 2.50. The van der Waals surface area contributed by atoms with Crippen LogP contribution in [0.15, 0.2) is 11.4 Å². The molecule has 0 atom stereocenters. The van der Waals surface area contributed by atoms with Gasteiger partial charge in [0.1, 0.15) is 0 Å². The molecule has 0 aliphatic carbocycles. The first-order valence-electron chi connectivity index (χ1n) is 2.36. The predicted molar refractivity (Wildman–Crippen MR) is 43.9 cm³/mol. The van der Waals surface area contributed by atoms with E-state index in [-0.39, 0.29) is 12.4 Å². The van der Waals surface area contributed by atoms with Gasteiger partial charge in [0.2, 0.25) is 0 Å². The zero-order valence-corrected chi connectivity index (χ0v) is 6.47. The van der Waals surface area contributed by atoms with Crippen molar-refractivity contribution in [1.29, 1.82) is 0 Å². The summed E-state index contributed by atoms with van der Waals surface area (Å²) in [5.41, 5.74) is 11.8.